The Hall–Kier alpha value is -3.87. The number of rotatable bonds is 1. The monoisotopic (exact) mass is 428 g/mol. The van der Waals surface area contributed by atoms with Gasteiger partial charge in [0.1, 0.15) is 12.7 Å². The number of allylic oxidation sites excluding steroid dienone is 2. The van der Waals surface area contributed by atoms with Gasteiger partial charge < -0.3 is 10.0 Å². The molecule has 0 saturated heterocycles. The van der Waals surface area contributed by atoms with Crippen molar-refractivity contribution in [3.05, 3.63) is 106 Å². The van der Waals surface area contributed by atoms with Crippen molar-refractivity contribution in [1.29, 1.82) is 0 Å². The molecule has 0 saturated carbocycles. The van der Waals surface area contributed by atoms with Crippen LogP contribution in [0.15, 0.2) is 77.9 Å². The van der Waals surface area contributed by atoms with Gasteiger partial charge in [-0.15, -0.1) is 0 Å². The van der Waals surface area contributed by atoms with Gasteiger partial charge in [-0.2, -0.15) is 0 Å². The van der Waals surface area contributed by atoms with Gasteiger partial charge in [0.2, 0.25) is 5.43 Å². The fraction of sp³-hybridized carbons (Fsp3) is 0.240. The minimum absolute atomic E-state index is 0.00485. The Bertz CT molecular complexity index is 1240. The molecule has 32 heavy (non-hydrogen) atoms. The zero-order valence-corrected chi connectivity index (χ0v) is 17.6. The Morgan fingerprint density at radius 1 is 1.00 bits per heavy atom. The van der Waals surface area contributed by atoms with E-state index in [9.17, 15) is 14.7 Å². The number of pyridine rings is 2. The van der Waals surface area contributed by atoms with E-state index in [1.807, 2.05) is 35.3 Å². The first-order chi connectivity index (χ1) is 15.6. The average Bonchev–Trinajstić information content (AvgIpc) is 2.81. The Balaban J connectivity index is 1.78. The molecule has 0 radical (unpaired) electrons. The van der Waals surface area contributed by atoms with E-state index in [0.717, 1.165) is 36.1 Å². The molecule has 0 spiro atoms. The third kappa shape index (κ3) is 3.45. The van der Waals surface area contributed by atoms with Gasteiger partial charge in [0.25, 0.3) is 5.91 Å². The summed E-state index contributed by atoms with van der Waals surface area (Å²) in [7, 11) is 0. The van der Waals surface area contributed by atoms with E-state index in [2.05, 4.69) is 29.3 Å². The molecule has 5 rings (SSSR count). The van der Waals surface area contributed by atoms with Gasteiger partial charge in [-0.3, -0.25) is 24.3 Å². The highest BCUT2D eigenvalue weighted by atomic mass is 16.3. The van der Waals surface area contributed by atoms with Crippen LogP contribution in [0.25, 0.3) is 0 Å². The van der Waals surface area contributed by atoms with Crippen LogP contribution in [0.1, 0.15) is 46.2 Å². The third-order valence-corrected chi connectivity index (χ3v) is 6.05. The molecule has 7 heteroatoms. The van der Waals surface area contributed by atoms with Crippen LogP contribution in [0, 0.1) is 0 Å². The average molecular weight is 428 g/mol. The quantitative estimate of drug-likeness (QED) is 0.603. The lowest BCUT2D eigenvalue weighted by molar-refractivity contribution is 0.0677. The molecule has 1 unspecified atom stereocenters. The number of fused-ring (bicyclic) bond motifs is 5. The molecule has 1 N–H and O–H groups in total. The standard InChI is InChI=1S/C25H24N4O3/c30-21-13-16-28-23(24(21)31)25(32)27-15-8-2-1-3-9-18-10-4-5-11-19(18)22(29(28)17-27)20-12-6-7-14-26-20/h1,3-7,10-14,16,22,31H,2,8-9,15,17H2/b3-1-. The molecule has 2 aliphatic heterocycles. The predicted octanol–water partition coefficient (Wildman–Crippen LogP) is 2.98. The number of nitrogens with zero attached hydrogens (tertiary/aromatic N) is 4. The van der Waals surface area contributed by atoms with Crippen molar-refractivity contribution in [2.45, 2.75) is 25.3 Å². The zero-order valence-electron chi connectivity index (χ0n) is 17.6. The van der Waals surface area contributed by atoms with Crippen molar-refractivity contribution < 1.29 is 9.90 Å². The number of amides is 1. The highest BCUT2D eigenvalue weighted by Gasteiger charge is 2.37. The lowest BCUT2D eigenvalue weighted by atomic mass is 9.94. The van der Waals surface area contributed by atoms with Crippen LogP contribution in [-0.4, -0.2) is 38.8 Å². The Morgan fingerprint density at radius 2 is 1.84 bits per heavy atom. The molecular weight excluding hydrogens is 404 g/mol. The SMILES string of the molecule is O=C1c2c(O)c(=O)ccn2N2CN1CCC/C=C\Cc1ccccc1C2c1ccccn1. The van der Waals surface area contributed by atoms with Crippen molar-refractivity contribution in [2.24, 2.45) is 0 Å². The van der Waals surface area contributed by atoms with E-state index in [0.29, 0.717) is 13.2 Å². The number of aromatic hydroxyl groups is 1. The van der Waals surface area contributed by atoms with Crippen molar-refractivity contribution in [2.75, 3.05) is 18.2 Å². The molecular formula is C25H24N4O3. The van der Waals surface area contributed by atoms with Crippen molar-refractivity contribution in [3.63, 3.8) is 0 Å². The number of aromatic nitrogens is 2. The Labute approximate surface area is 185 Å². The molecule has 4 heterocycles. The van der Waals surface area contributed by atoms with E-state index in [4.69, 9.17) is 0 Å². The zero-order chi connectivity index (χ0) is 22.1. The summed E-state index contributed by atoms with van der Waals surface area (Å²) >= 11 is 0. The van der Waals surface area contributed by atoms with E-state index in [-0.39, 0.29) is 17.6 Å². The summed E-state index contributed by atoms with van der Waals surface area (Å²) in [4.78, 5) is 31.8. The maximum absolute atomic E-state index is 13.3. The predicted molar refractivity (Wildman–Crippen MR) is 121 cm³/mol. The smallest absolute Gasteiger partial charge is 0.277 e. The van der Waals surface area contributed by atoms with Gasteiger partial charge in [0.15, 0.2) is 11.4 Å². The number of benzene rings is 1. The fourth-order valence-electron chi connectivity index (χ4n) is 4.49. The molecule has 1 atom stereocenters. The lowest BCUT2D eigenvalue weighted by Crippen LogP contribution is -2.55. The van der Waals surface area contributed by atoms with Crippen molar-refractivity contribution in [3.8, 4) is 5.75 Å². The molecule has 2 aliphatic rings. The number of hydrogen-bond acceptors (Lipinski definition) is 5. The summed E-state index contributed by atoms with van der Waals surface area (Å²) < 4.78 is 1.62. The molecule has 2 bridgehead atoms. The second-order valence-electron chi connectivity index (χ2n) is 8.04. The third-order valence-electron chi connectivity index (χ3n) is 6.05. The van der Waals surface area contributed by atoms with E-state index in [1.54, 1.807) is 22.0 Å². The number of carbonyl (C=O) groups excluding carboxylic acids is 1. The van der Waals surface area contributed by atoms with Crippen LogP contribution in [-0.2, 0) is 6.42 Å². The second kappa shape index (κ2) is 8.34. The molecule has 1 amide bonds. The largest absolute Gasteiger partial charge is 0.502 e. The van der Waals surface area contributed by atoms with Gasteiger partial charge in [-0.05, 0) is 42.5 Å². The van der Waals surface area contributed by atoms with Gasteiger partial charge >= 0.3 is 0 Å². The lowest BCUT2D eigenvalue weighted by Gasteiger charge is -2.44. The van der Waals surface area contributed by atoms with Gasteiger partial charge in [-0.1, -0.05) is 42.5 Å². The summed E-state index contributed by atoms with van der Waals surface area (Å²) in [6, 6.07) is 15.0. The number of hydrogen-bond donors (Lipinski definition) is 1. The highest BCUT2D eigenvalue weighted by Crippen LogP contribution is 2.33. The molecule has 0 aliphatic carbocycles. The van der Waals surface area contributed by atoms with Crippen LogP contribution in [0.2, 0.25) is 0 Å². The molecule has 0 fully saturated rings. The number of carbonyl (C=O) groups is 1. The van der Waals surface area contributed by atoms with Crippen LogP contribution in [0.3, 0.4) is 0 Å². The molecule has 162 valence electrons. The van der Waals surface area contributed by atoms with Crippen LogP contribution < -0.4 is 10.4 Å². The minimum atomic E-state index is -0.565. The molecule has 1 aromatic carbocycles. The fourth-order valence-corrected chi connectivity index (χ4v) is 4.49. The minimum Gasteiger partial charge on any atom is -0.502 e. The first-order valence-electron chi connectivity index (χ1n) is 10.8. The maximum atomic E-state index is 13.3. The summed E-state index contributed by atoms with van der Waals surface area (Å²) in [5.41, 5.74) is 2.48. The summed E-state index contributed by atoms with van der Waals surface area (Å²) in [6.07, 6.45) is 10.1. The summed E-state index contributed by atoms with van der Waals surface area (Å²) in [6.45, 7) is 0.840. The molecule has 7 nitrogen and oxygen atoms in total. The van der Waals surface area contributed by atoms with Crippen LogP contribution in [0.5, 0.6) is 5.75 Å². The van der Waals surface area contributed by atoms with E-state index >= 15 is 0 Å². The summed E-state index contributed by atoms with van der Waals surface area (Å²) in [5.74, 6) is -0.863. The topological polar surface area (TPSA) is 78.7 Å². The van der Waals surface area contributed by atoms with E-state index < -0.39 is 11.2 Å². The normalized spacial score (nSPS) is 19.4. The highest BCUT2D eigenvalue weighted by molar-refractivity contribution is 5.96. The molecule has 2 aromatic heterocycles. The Kier molecular flexibility index (Phi) is 5.23. The van der Waals surface area contributed by atoms with Gasteiger partial charge in [0.05, 0.1) is 5.69 Å². The molecule has 3 aromatic rings. The first-order valence-corrected chi connectivity index (χ1v) is 10.8. The summed E-state index contributed by atoms with van der Waals surface area (Å²) in [5, 5.41) is 12.6. The maximum Gasteiger partial charge on any atom is 0.277 e. The van der Waals surface area contributed by atoms with Crippen molar-refractivity contribution in [1.82, 2.24) is 14.6 Å². The first kappa shape index (κ1) is 20.1. The van der Waals surface area contributed by atoms with Crippen molar-refractivity contribution >= 4 is 5.91 Å². The van der Waals surface area contributed by atoms with Gasteiger partial charge in [0, 0.05) is 25.0 Å². The van der Waals surface area contributed by atoms with Crippen LogP contribution >= 0.6 is 0 Å². The van der Waals surface area contributed by atoms with Gasteiger partial charge in [-0.25, -0.2) is 0 Å². The second-order valence-corrected chi connectivity index (χ2v) is 8.04. The van der Waals surface area contributed by atoms with E-state index in [1.165, 1.54) is 6.07 Å². The van der Waals surface area contributed by atoms with Crippen LogP contribution in [0.4, 0.5) is 0 Å². The Morgan fingerprint density at radius 3 is 2.69 bits per heavy atom.